The van der Waals surface area contributed by atoms with E-state index in [1.165, 1.54) is 11.8 Å². The van der Waals surface area contributed by atoms with Crippen LogP contribution in [0.25, 0.3) is 0 Å². The lowest BCUT2D eigenvalue weighted by atomic mass is 10.2. The predicted octanol–water partition coefficient (Wildman–Crippen LogP) is 1.45. The van der Waals surface area contributed by atoms with Gasteiger partial charge in [-0.1, -0.05) is 0 Å². The van der Waals surface area contributed by atoms with E-state index in [1.54, 1.807) is 11.6 Å². The summed E-state index contributed by atoms with van der Waals surface area (Å²) in [4.78, 5) is 11.9. The number of nitrogen functional groups attached to an aromatic ring is 1. The van der Waals surface area contributed by atoms with E-state index in [0.717, 1.165) is 19.3 Å². The normalized spacial score (nSPS) is 22.7. The van der Waals surface area contributed by atoms with Crippen molar-refractivity contribution in [2.45, 2.75) is 43.4 Å². The summed E-state index contributed by atoms with van der Waals surface area (Å²) in [6.07, 6.45) is 3.89. The highest BCUT2D eigenvalue weighted by Crippen LogP contribution is 2.35. The van der Waals surface area contributed by atoms with Crippen LogP contribution in [0.5, 0.6) is 0 Å². The van der Waals surface area contributed by atoms with Crippen LogP contribution in [0.2, 0.25) is 0 Å². The Kier molecular flexibility index (Phi) is 4.36. The third-order valence-corrected chi connectivity index (χ3v) is 4.02. The van der Waals surface area contributed by atoms with Crippen molar-refractivity contribution in [3.05, 3.63) is 5.56 Å². The van der Waals surface area contributed by atoms with Crippen LogP contribution in [0, 0.1) is 0 Å². The molecule has 0 radical (unpaired) electrons. The van der Waals surface area contributed by atoms with E-state index in [4.69, 9.17) is 10.5 Å². The third-order valence-electron chi connectivity index (χ3n) is 3.35. The summed E-state index contributed by atoms with van der Waals surface area (Å²) in [5.74, 6) is -0.170. The molecule has 1 aliphatic carbocycles. The van der Waals surface area contributed by atoms with Gasteiger partial charge in [0.15, 0.2) is 0 Å². The van der Waals surface area contributed by atoms with Gasteiger partial charge in [0.25, 0.3) is 0 Å². The second-order valence-electron chi connectivity index (χ2n) is 4.50. The van der Waals surface area contributed by atoms with Crippen LogP contribution in [-0.2, 0) is 4.74 Å². The molecule has 1 fully saturated rings. The van der Waals surface area contributed by atoms with Crippen molar-refractivity contribution in [3.8, 4) is 0 Å². The van der Waals surface area contributed by atoms with Crippen molar-refractivity contribution >= 4 is 23.5 Å². The monoisotopic (exact) mass is 285 g/mol. The molecule has 0 bridgehead atoms. The van der Waals surface area contributed by atoms with Gasteiger partial charge in [-0.3, -0.25) is 0 Å². The standard InChI is InChI=1S/C12H19N3O3S/c1-3-18-12(17)9-10(13)15(14-11(9)19-2)7-5-4-6-8(7)16/h7-8,16H,3-6,13H2,1-2H3. The number of nitrogens with two attached hydrogens (primary N) is 1. The molecule has 0 saturated heterocycles. The number of hydrogen-bond acceptors (Lipinski definition) is 6. The summed E-state index contributed by atoms with van der Waals surface area (Å²) in [5.41, 5.74) is 6.34. The summed E-state index contributed by atoms with van der Waals surface area (Å²) in [7, 11) is 0. The fraction of sp³-hybridized carbons (Fsp3) is 0.667. The Labute approximate surface area is 116 Å². The molecular weight excluding hydrogens is 266 g/mol. The first-order valence-electron chi connectivity index (χ1n) is 6.37. The Balaban J connectivity index is 2.39. The molecule has 3 N–H and O–H groups in total. The number of esters is 1. The number of carbonyl (C=O) groups is 1. The number of ether oxygens (including phenoxy) is 1. The van der Waals surface area contributed by atoms with Gasteiger partial charge in [-0.2, -0.15) is 5.10 Å². The maximum absolute atomic E-state index is 11.9. The number of aromatic nitrogens is 2. The highest BCUT2D eigenvalue weighted by atomic mass is 32.2. The fourth-order valence-electron chi connectivity index (χ4n) is 2.42. The minimum Gasteiger partial charge on any atom is -0.462 e. The first kappa shape index (κ1) is 14.2. The first-order chi connectivity index (χ1) is 9.10. The second kappa shape index (κ2) is 5.83. The van der Waals surface area contributed by atoms with Gasteiger partial charge in [-0.25, -0.2) is 9.48 Å². The summed E-state index contributed by atoms with van der Waals surface area (Å²) in [5, 5.41) is 14.9. The zero-order valence-corrected chi connectivity index (χ0v) is 11.9. The number of rotatable bonds is 4. The lowest BCUT2D eigenvalue weighted by molar-refractivity contribution is 0.0523. The van der Waals surface area contributed by atoms with Crippen LogP contribution in [0.15, 0.2) is 5.03 Å². The van der Waals surface area contributed by atoms with Crippen LogP contribution in [0.4, 0.5) is 5.82 Å². The Morgan fingerprint density at radius 2 is 2.37 bits per heavy atom. The Hall–Kier alpha value is -1.21. The van der Waals surface area contributed by atoms with Crippen molar-refractivity contribution in [1.82, 2.24) is 9.78 Å². The van der Waals surface area contributed by atoms with E-state index in [2.05, 4.69) is 5.10 Å². The van der Waals surface area contributed by atoms with Gasteiger partial charge >= 0.3 is 5.97 Å². The molecule has 19 heavy (non-hydrogen) atoms. The molecule has 7 heteroatoms. The Bertz CT molecular complexity index is 475. The summed E-state index contributed by atoms with van der Waals surface area (Å²) in [6.45, 7) is 2.04. The summed E-state index contributed by atoms with van der Waals surface area (Å²) >= 11 is 1.35. The molecule has 0 amide bonds. The zero-order valence-electron chi connectivity index (χ0n) is 11.1. The molecule has 0 aromatic carbocycles. The Morgan fingerprint density at radius 1 is 1.63 bits per heavy atom. The van der Waals surface area contributed by atoms with Crippen molar-refractivity contribution < 1.29 is 14.6 Å². The third kappa shape index (κ3) is 2.57. The second-order valence-corrected chi connectivity index (χ2v) is 5.30. The highest BCUT2D eigenvalue weighted by Gasteiger charge is 2.32. The van der Waals surface area contributed by atoms with Gasteiger partial charge in [-0.15, -0.1) is 11.8 Å². The lowest BCUT2D eigenvalue weighted by Gasteiger charge is -2.16. The molecule has 1 heterocycles. The van der Waals surface area contributed by atoms with E-state index in [0.29, 0.717) is 17.2 Å². The number of thioether (sulfide) groups is 1. The van der Waals surface area contributed by atoms with Gasteiger partial charge in [0.1, 0.15) is 16.4 Å². The van der Waals surface area contributed by atoms with Crippen molar-refractivity contribution in [2.75, 3.05) is 18.6 Å². The molecule has 2 unspecified atom stereocenters. The molecular formula is C12H19N3O3S. The van der Waals surface area contributed by atoms with Crippen LogP contribution < -0.4 is 5.73 Å². The lowest BCUT2D eigenvalue weighted by Crippen LogP contribution is -2.21. The van der Waals surface area contributed by atoms with Gasteiger partial charge < -0.3 is 15.6 Å². The SMILES string of the molecule is CCOC(=O)c1c(SC)nn(C2CCCC2O)c1N. The van der Waals surface area contributed by atoms with Crippen LogP contribution in [0.3, 0.4) is 0 Å². The average molecular weight is 285 g/mol. The predicted molar refractivity (Wildman–Crippen MR) is 73.3 cm³/mol. The zero-order chi connectivity index (χ0) is 14.0. The molecule has 1 aromatic rings. The maximum Gasteiger partial charge on any atom is 0.344 e. The minimum atomic E-state index is -0.455. The fourth-order valence-corrected chi connectivity index (χ4v) is 2.98. The summed E-state index contributed by atoms with van der Waals surface area (Å²) < 4.78 is 6.59. The quantitative estimate of drug-likeness (QED) is 0.643. The van der Waals surface area contributed by atoms with Crippen LogP contribution >= 0.6 is 11.8 Å². The molecule has 6 nitrogen and oxygen atoms in total. The molecule has 106 valence electrons. The van der Waals surface area contributed by atoms with E-state index < -0.39 is 12.1 Å². The first-order valence-corrected chi connectivity index (χ1v) is 7.59. The van der Waals surface area contributed by atoms with Crippen LogP contribution in [-0.4, -0.2) is 39.8 Å². The molecule has 1 aliphatic rings. The number of hydrogen-bond donors (Lipinski definition) is 2. The highest BCUT2D eigenvalue weighted by molar-refractivity contribution is 7.98. The number of nitrogens with zero attached hydrogens (tertiary/aromatic N) is 2. The van der Waals surface area contributed by atoms with E-state index >= 15 is 0 Å². The minimum absolute atomic E-state index is 0.144. The number of aliphatic hydroxyl groups is 1. The number of carbonyl (C=O) groups excluding carboxylic acids is 1. The van der Waals surface area contributed by atoms with Gasteiger partial charge in [0.05, 0.1) is 18.8 Å². The van der Waals surface area contributed by atoms with Crippen LogP contribution in [0.1, 0.15) is 42.6 Å². The van der Waals surface area contributed by atoms with E-state index in [-0.39, 0.29) is 11.9 Å². The molecule has 1 saturated carbocycles. The number of aliphatic hydroxyl groups excluding tert-OH is 1. The maximum atomic E-state index is 11.9. The molecule has 2 rings (SSSR count). The van der Waals surface area contributed by atoms with Gasteiger partial charge in [0.2, 0.25) is 0 Å². The Morgan fingerprint density at radius 3 is 2.89 bits per heavy atom. The van der Waals surface area contributed by atoms with Crippen molar-refractivity contribution in [1.29, 1.82) is 0 Å². The van der Waals surface area contributed by atoms with Gasteiger partial charge in [-0.05, 0) is 32.4 Å². The van der Waals surface area contributed by atoms with Crippen molar-refractivity contribution in [3.63, 3.8) is 0 Å². The largest absolute Gasteiger partial charge is 0.462 e. The number of anilines is 1. The van der Waals surface area contributed by atoms with E-state index in [9.17, 15) is 9.90 Å². The smallest absolute Gasteiger partial charge is 0.344 e. The van der Waals surface area contributed by atoms with Gasteiger partial charge in [0, 0.05) is 0 Å². The molecule has 2 atom stereocenters. The topological polar surface area (TPSA) is 90.4 Å². The van der Waals surface area contributed by atoms with E-state index in [1.807, 2.05) is 6.26 Å². The molecule has 1 aromatic heterocycles. The average Bonchev–Trinajstić information content (AvgIpc) is 2.93. The molecule has 0 spiro atoms. The summed E-state index contributed by atoms with van der Waals surface area (Å²) in [6, 6.07) is -0.144. The van der Waals surface area contributed by atoms with Crippen molar-refractivity contribution in [2.24, 2.45) is 0 Å². The molecule has 0 aliphatic heterocycles.